The van der Waals surface area contributed by atoms with Crippen molar-refractivity contribution in [1.82, 2.24) is 9.97 Å². The van der Waals surface area contributed by atoms with Crippen LogP contribution in [0.15, 0.2) is 9.79 Å². The van der Waals surface area contributed by atoms with Gasteiger partial charge in [0.2, 0.25) is 5.95 Å². The molecular weight excluding hydrogens is 144 g/mol. The van der Waals surface area contributed by atoms with Gasteiger partial charge in [-0.15, -0.1) is 0 Å². The summed E-state index contributed by atoms with van der Waals surface area (Å²) in [5.41, 5.74) is 2.34. The second-order valence-corrected chi connectivity index (χ2v) is 2.23. The van der Waals surface area contributed by atoms with Crippen molar-refractivity contribution in [3.8, 4) is 0 Å². The lowest BCUT2D eigenvalue weighted by Gasteiger charge is -1.95. The minimum atomic E-state index is -0.229. The van der Waals surface area contributed by atoms with E-state index >= 15 is 0 Å². The van der Waals surface area contributed by atoms with Crippen molar-refractivity contribution in [2.45, 2.75) is 6.42 Å². The van der Waals surface area contributed by atoms with E-state index in [2.05, 4.69) is 15.0 Å². The molecule has 0 aromatic carbocycles. The molecule has 1 aliphatic heterocycles. The molecule has 2 rings (SSSR count). The maximum atomic E-state index is 11.2. The third-order valence-electron chi connectivity index (χ3n) is 1.50. The summed E-state index contributed by atoms with van der Waals surface area (Å²) in [7, 11) is 0. The van der Waals surface area contributed by atoms with Crippen LogP contribution < -0.4 is 11.3 Å². The number of nitrogens with one attached hydrogen (secondary N) is 1. The molecular formula is C6H6N4O. The molecule has 0 radical (unpaired) electrons. The van der Waals surface area contributed by atoms with Crippen molar-refractivity contribution < 1.29 is 1.41 Å². The van der Waals surface area contributed by atoms with E-state index in [4.69, 9.17) is 1.41 Å². The third-order valence-corrected chi connectivity index (χ3v) is 1.50. The van der Waals surface area contributed by atoms with E-state index < -0.39 is 0 Å². The fourth-order valence-electron chi connectivity index (χ4n) is 1.00. The lowest BCUT2D eigenvalue weighted by atomic mass is 10.3. The number of nitrogen functional groups attached to an aromatic ring is 1. The SMILES string of the molecule is [2H]Nc1nc2c(c(=O)[nH]1)CC=N2. The fourth-order valence-corrected chi connectivity index (χ4v) is 1.00. The number of aromatic nitrogens is 2. The Morgan fingerprint density at radius 1 is 1.82 bits per heavy atom. The van der Waals surface area contributed by atoms with Gasteiger partial charge in [0.15, 0.2) is 7.23 Å². The van der Waals surface area contributed by atoms with Crippen LogP contribution in [-0.4, -0.2) is 16.2 Å². The minimum absolute atomic E-state index is 0.123. The zero-order valence-electron chi connectivity index (χ0n) is 6.59. The predicted molar refractivity (Wildman–Crippen MR) is 41.1 cm³/mol. The molecule has 1 aliphatic rings. The zero-order chi connectivity index (χ0) is 8.55. The Morgan fingerprint density at radius 3 is 3.55 bits per heavy atom. The molecule has 5 nitrogen and oxygen atoms in total. The molecule has 3 N–H and O–H groups in total. The van der Waals surface area contributed by atoms with Gasteiger partial charge < -0.3 is 5.73 Å². The monoisotopic (exact) mass is 151 g/mol. The van der Waals surface area contributed by atoms with Gasteiger partial charge in [0.1, 0.15) is 0 Å². The van der Waals surface area contributed by atoms with Crippen LogP contribution in [-0.2, 0) is 6.42 Å². The van der Waals surface area contributed by atoms with Crippen molar-refractivity contribution in [1.29, 1.82) is 0 Å². The maximum Gasteiger partial charge on any atom is 0.258 e. The number of H-pyrrole nitrogens is 1. The van der Waals surface area contributed by atoms with Gasteiger partial charge in [0, 0.05) is 12.6 Å². The summed E-state index contributed by atoms with van der Waals surface area (Å²) in [5, 5.41) is 0. The molecule has 0 spiro atoms. The molecule has 0 amide bonds. The van der Waals surface area contributed by atoms with Crippen molar-refractivity contribution in [2.75, 3.05) is 5.73 Å². The first-order valence-corrected chi connectivity index (χ1v) is 3.14. The van der Waals surface area contributed by atoms with E-state index in [9.17, 15) is 4.79 Å². The Hall–Kier alpha value is -1.65. The van der Waals surface area contributed by atoms with E-state index in [0.717, 1.165) is 0 Å². The Labute approximate surface area is 63.5 Å². The lowest BCUT2D eigenvalue weighted by Crippen LogP contribution is -2.14. The van der Waals surface area contributed by atoms with Crippen LogP contribution in [0.4, 0.5) is 11.8 Å². The average Bonchev–Trinajstić information content (AvgIpc) is 2.52. The Kier molecular flexibility index (Phi) is 0.881. The topological polar surface area (TPSA) is 84.1 Å². The van der Waals surface area contributed by atoms with E-state index in [1.54, 1.807) is 6.21 Å². The summed E-state index contributed by atoms with van der Waals surface area (Å²) < 4.78 is 6.77. The summed E-state index contributed by atoms with van der Waals surface area (Å²) in [6, 6.07) is 0. The molecule has 0 unspecified atom stereocenters. The maximum absolute atomic E-state index is 11.2. The molecule has 0 atom stereocenters. The van der Waals surface area contributed by atoms with Crippen LogP contribution in [0.3, 0.4) is 0 Å². The number of nitrogens with two attached hydrogens (primary N) is 1. The third kappa shape index (κ3) is 0.813. The minimum Gasteiger partial charge on any atom is -0.369 e. The average molecular weight is 151 g/mol. The lowest BCUT2D eigenvalue weighted by molar-refractivity contribution is 1.09. The Bertz CT molecular complexity index is 397. The van der Waals surface area contributed by atoms with Gasteiger partial charge in [-0.05, 0) is 0 Å². The highest BCUT2D eigenvalue weighted by Crippen LogP contribution is 2.16. The summed E-state index contributed by atoms with van der Waals surface area (Å²) in [6.07, 6.45) is 2.15. The van der Waals surface area contributed by atoms with Gasteiger partial charge in [-0.3, -0.25) is 9.78 Å². The number of anilines is 1. The molecule has 0 fully saturated rings. The molecule has 0 aliphatic carbocycles. The number of nitrogens with zero attached hydrogens (tertiary/aromatic N) is 2. The van der Waals surface area contributed by atoms with Gasteiger partial charge in [-0.25, -0.2) is 4.99 Å². The Morgan fingerprint density at radius 2 is 2.73 bits per heavy atom. The van der Waals surface area contributed by atoms with E-state index in [0.29, 0.717) is 17.8 Å². The molecule has 11 heavy (non-hydrogen) atoms. The van der Waals surface area contributed by atoms with E-state index in [-0.39, 0.29) is 11.5 Å². The number of fused-ring (bicyclic) bond motifs is 1. The predicted octanol–water partition coefficient (Wildman–Crippen LogP) is -0.390. The first-order chi connectivity index (χ1) is 5.81. The van der Waals surface area contributed by atoms with Crippen LogP contribution in [0, 0.1) is 0 Å². The molecule has 0 bridgehead atoms. The first-order valence-electron chi connectivity index (χ1n) is 3.64. The molecule has 56 valence electrons. The number of rotatable bonds is 1. The molecule has 1 aromatic rings. The smallest absolute Gasteiger partial charge is 0.258 e. The second-order valence-electron chi connectivity index (χ2n) is 2.23. The molecule has 0 saturated carbocycles. The highest BCUT2D eigenvalue weighted by molar-refractivity contribution is 5.73. The zero-order valence-corrected chi connectivity index (χ0v) is 5.59. The van der Waals surface area contributed by atoms with Crippen LogP contribution in [0.25, 0.3) is 0 Å². The largest absolute Gasteiger partial charge is 0.369 e. The van der Waals surface area contributed by atoms with Gasteiger partial charge in [0.25, 0.3) is 5.56 Å². The highest BCUT2D eigenvalue weighted by Gasteiger charge is 2.12. The van der Waals surface area contributed by atoms with E-state index in [1.807, 2.05) is 5.73 Å². The fraction of sp³-hybridized carbons (Fsp3) is 0.167. The molecule has 5 heteroatoms. The molecule has 1 aromatic heterocycles. The van der Waals surface area contributed by atoms with E-state index in [1.165, 1.54) is 0 Å². The van der Waals surface area contributed by atoms with Crippen molar-refractivity contribution >= 4 is 18.0 Å². The number of hydrogen-bond acceptors (Lipinski definition) is 4. The van der Waals surface area contributed by atoms with Crippen molar-refractivity contribution in [3.05, 3.63) is 15.9 Å². The van der Waals surface area contributed by atoms with Crippen molar-refractivity contribution in [2.24, 2.45) is 4.99 Å². The standard InChI is InChI=1S/C6H6N4O/c7-6-9-4-3(1-2-8-4)5(11)10-6/h2H,1H2,(H3,7,9,10,11)/i/hD. The first kappa shape index (κ1) is 5.06. The molecule has 2 heterocycles. The summed E-state index contributed by atoms with van der Waals surface area (Å²) >= 11 is 0. The van der Waals surface area contributed by atoms with Crippen LogP contribution in [0.2, 0.25) is 1.41 Å². The van der Waals surface area contributed by atoms with Crippen LogP contribution >= 0.6 is 0 Å². The highest BCUT2D eigenvalue weighted by atomic mass is 16.1. The van der Waals surface area contributed by atoms with Crippen molar-refractivity contribution in [3.63, 3.8) is 0 Å². The van der Waals surface area contributed by atoms with Gasteiger partial charge >= 0.3 is 0 Å². The summed E-state index contributed by atoms with van der Waals surface area (Å²) in [6.45, 7) is 0. The number of aromatic amines is 1. The van der Waals surface area contributed by atoms with Gasteiger partial charge in [-0.1, -0.05) is 0 Å². The van der Waals surface area contributed by atoms with Gasteiger partial charge in [0.05, 0.1) is 5.56 Å². The number of aliphatic imine (C=N–C) groups is 1. The molecule has 0 saturated heterocycles. The second kappa shape index (κ2) is 1.91. The summed E-state index contributed by atoms with van der Waals surface area (Å²) in [4.78, 5) is 21.4. The van der Waals surface area contributed by atoms with Crippen LogP contribution in [0.5, 0.6) is 0 Å². The number of hydrogen-bond donors (Lipinski definition) is 2. The quantitative estimate of drug-likeness (QED) is 0.573. The van der Waals surface area contributed by atoms with Crippen LogP contribution in [0.1, 0.15) is 5.56 Å². The Balaban J connectivity index is 2.64. The normalized spacial score (nSPS) is 14.4. The summed E-state index contributed by atoms with van der Waals surface area (Å²) in [5.74, 6) is 0.534. The van der Waals surface area contributed by atoms with Gasteiger partial charge in [-0.2, -0.15) is 4.98 Å².